The summed E-state index contributed by atoms with van der Waals surface area (Å²) in [6.07, 6.45) is 1.71. The maximum Gasteiger partial charge on any atom is 0.242 e. The minimum Gasteiger partial charge on any atom is -0.385 e. The SMILES string of the molecule is COCCCNC(=O)C(C)N(Cc1ccc(Cl)cc1)C(=O)CN(Cc1ccccc1)S(C)(=O)=O. The third kappa shape index (κ3) is 9.06. The van der Waals surface area contributed by atoms with Crippen molar-refractivity contribution in [2.75, 3.05) is 33.1 Å². The normalized spacial score (nSPS) is 12.4. The number of carbonyl (C=O) groups is 2. The lowest BCUT2D eigenvalue weighted by atomic mass is 10.1. The number of amides is 2. The number of nitrogens with zero attached hydrogens (tertiary/aromatic N) is 2. The Hall–Kier alpha value is -2.46. The van der Waals surface area contributed by atoms with E-state index >= 15 is 0 Å². The van der Waals surface area contributed by atoms with Crippen molar-refractivity contribution in [2.45, 2.75) is 32.5 Å². The lowest BCUT2D eigenvalue weighted by Crippen LogP contribution is -2.51. The quantitative estimate of drug-likeness (QED) is 0.419. The predicted molar refractivity (Wildman–Crippen MR) is 133 cm³/mol. The summed E-state index contributed by atoms with van der Waals surface area (Å²) in [4.78, 5) is 27.5. The molecule has 2 amide bonds. The molecule has 0 fully saturated rings. The van der Waals surface area contributed by atoms with Gasteiger partial charge in [-0.1, -0.05) is 54.1 Å². The van der Waals surface area contributed by atoms with Crippen molar-refractivity contribution in [1.82, 2.24) is 14.5 Å². The summed E-state index contributed by atoms with van der Waals surface area (Å²) < 4.78 is 31.0. The van der Waals surface area contributed by atoms with Crippen LogP contribution >= 0.6 is 11.6 Å². The topological polar surface area (TPSA) is 96.0 Å². The van der Waals surface area contributed by atoms with E-state index in [0.29, 0.717) is 24.6 Å². The summed E-state index contributed by atoms with van der Waals surface area (Å²) >= 11 is 5.97. The molecular formula is C24H32ClN3O5S. The van der Waals surface area contributed by atoms with Gasteiger partial charge in [0.1, 0.15) is 6.04 Å². The van der Waals surface area contributed by atoms with E-state index < -0.39 is 22.0 Å². The fraction of sp³-hybridized carbons (Fsp3) is 0.417. The van der Waals surface area contributed by atoms with Crippen LogP contribution in [0.3, 0.4) is 0 Å². The van der Waals surface area contributed by atoms with Crippen molar-refractivity contribution in [3.8, 4) is 0 Å². The molecule has 0 aliphatic carbocycles. The van der Waals surface area contributed by atoms with Gasteiger partial charge < -0.3 is 15.0 Å². The van der Waals surface area contributed by atoms with Crippen molar-refractivity contribution in [3.05, 3.63) is 70.7 Å². The first-order chi connectivity index (χ1) is 16.1. The minimum atomic E-state index is -3.68. The monoisotopic (exact) mass is 509 g/mol. The van der Waals surface area contributed by atoms with Crippen LogP contribution in [0.15, 0.2) is 54.6 Å². The molecular weight excluding hydrogens is 478 g/mol. The largest absolute Gasteiger partial charge is 0.385 e. The van der Waals surface area contributed by atoms with E-state index in [1.807, 2.05) is 6.07 Å². The van der Waals surface area contributed by atoms with Crippen LogP contribution < -0.4 is 5.32 Å². The van der Waals surface area contributed by atoms with Crippen LogP contribution in [0.25, 0.3) is 0 Å². The highest BCUT2D eigenvalue weighted by molar-refractivity contribution is 7.88. The molecule has 0 saturated carbocycles. The van der Waals surface area contributed by atoms with Crippen LogP contribution in [0.4, 0.5) is 0 Å². The highest BCUT2D eigenvalue weighted by Crippen LogP contribution is 2.16. The van der Waals surface area contributed by atoms with Crippen LogP contribution in [0.2, 0.25) is 5.02 Å². The molecule has 0 bridgehead atoms. The third-order valence-electron chi connectivity index (χ3n) is 5.24. The van der Waals surface area contributed by atoms with Gasteiger partial charge >= 0.3 is 0 Å². The maximum atomic E-state index is 13.4. The highest BCUT2D eigenvalue weighted by Gasteiger charge is 2.29. The zero-order valence-electron chi connectivity index (χ0n) is 19.7. The zero-order valence-corrected chi connectivity index (χ0v) is 21.3. The lowest BCUT2D eigenvalue weighted by molar-refractivity contribution is -0.140. The van der Waals surface area contributed by atoms with E-state index in [1.54, 1.807) is 62.6 Å². The molecule has 1 unspecified atom stereocenters. The number of benzene rings is 2. The van der Waals surface area contributed by atoms with Crippen molar-refractivity contribution in [3.63, 3.8) is 0 Å². The van der Waals surface area contributed by atoms with Crippen molar-refractivity contribution in [2.24, 2.45) is 0 Å². The van der Waals surface area contributed by atoms with Gasteiger partial charge in [-0.3, -0.25) is 9.59 Å². The van der Waals surface area contributed by atoms with Crippen LogP contribution in [0, 0.1) is 0 Å². The highest BCUT2D eigenvalue weighted by atomic mass is 35.5. The second-order valence-corrected chi connectivity index (χ2v) is 10.4. The molecule has 0 radical (unpaired) electrons. The first kappa shape index (κ1) is 27.8. The number of hydrogen-bond donors (Lipinski definition) is 1. The Bertz CT molecular complexity index is 1030. The van der Waals surface area contributed by atoms with Crippen LogP contribution in [-0.4, -0.2) is 68.5 Å². The first-order valence-corrected chi connectivity index (χ1v) is 13.1. The Morgan fingerprint density at radius 3 is 2.24 bits per heavy atom. The fourth-order valence-corrected chi connectivity index (χ4v) is 4.12. The van der Waals surface area contributed by atoms with Gasteiger partial charge in [0.15, 0.2) is 0 Å². The summed E-state index contributed by atoms with van der Waals surface area (Å²) in [5.74, 6) is -0.803. The maximum absolute atomic E-state index is 13.4. The molecule has 0 aliphatic rings. The molecule has 1 N–H and O–H groups in total. The van der Waals surface area contributed by atoms with E-state index in [-0.39, 0.29) is 25.5 Å². The lowest BCUT2D eigenvalue weighted by Gasteiger charge is -2.31. The Morgan fingerprint density at radius 2 is 1.65 bits per heavy atom. The van der Waals surface area contributed by atoms with Crippen LogP contribution in [0.5, 0.6) is 0 Å². The number of hydrogen-bond acceptors (Lipinski definition) is 5. The smallest absolute Gasteiger partial charge is 0.242 e. The van der Waals surface area contributed by atoms with Gasteiger partial charge in [-0.15, -0.1) is 0 Å². The summed E-state index contributed by atoms with van der Waals surface area (Å²) in [6.45, 7) is 2.34. The molecule has 0 spiro atoms. The molecule has 34 heavy (non-hydrogen) atoms. The van der Waals surface area contributed by atoms with Gasteiger partial charge in [0.25, 0.3) is 0 Å². The fourth-order valence-electron chi connectivity index (χ4n) is 3.26. The molecule has 0 saturated heterocycles. The van der Waals surface area contributed by atoms with E-state index in [0.717, 1.165) is 21.7 Å². The molecule has 1 atom stereocenters. The number of halogens is 1. The second kappa shape index (κ2) is 13.4. The zero-order chi connectivity index (χ0) is 25.1. The average molecular weight is 510 g/mol. The average Bonchev–Trinajstić information content (AvgIpc) is 2.80. The predicted octanol–water partition coefficient (Wildman–Crippen LogP) is 2.67. The molecule has 10 heteroatoms. The van der Waals surface area contributed by atoms with E-state index in [4.69, 9.17) is 16.3 Å². The molecule has 2 aromatic rings. The van der Waals surface area contributed by atoms with E-state index in [1.165, 1.54) is 4.90 Å². The molecule has 186 valence electrons. The molecule has 8 nitrogen and oxygen atoms in total. The first-order valence-electron chi connectivity index (χ1n) is 10.9. The molecule has 2 rings (SSSR count). The summed E-state index contributed by atoms with van der Waals surface area (Å²) in [5, 5.41) is 3.36. The van der Waals surface area contributed by atoms with Crippen molar-refractivity contribution >= 4 is 33.4 Å². The summed E-state index contributed by atoms with van der Waals surface area (Å²) in [5.41, 5.74) is 1.53. The molecule has 2 aromatic carbocycles. The molecule has 0 heterocycles. The Morgan fingerprint density at radius 1 is 1.03 bits per heavy atom. The van der Waals surface area contributed by atoms with Crippen molar-refractivity contribution < 1.29 is 22.7 Å². The number of methoxy groups -OCH3 is 1. The molecule has 0 aliphatic heterocycles. The number of rotatable bonds is 13. The van der Waals surface area contributed by atoms with E-state index in [2.05, 4.69) is 5.32 Å². The van der Waals surface area contributed by atoms with Crippen LogP contribution in [-0.2, 0) is 37.4 Å². The van der Waals surface area contributed by atoms with E-state index in [9.17, 15) is 18.0 Å². The minimum absolute atomic E-state index is 0.0534. The second-order valence-electron chi connectivity index (χ2n) is 7.98. The summed E-state index contributed by atoms with van der Waals surface area (Å²) in [6, 6.07) is 15.2. The third-order valence-corrected chi connectivity index (χ3v) is 6.69. The van der Waals surface area contributed by atoms with Gasteiger partial charge in [0.05, 0.1) is 12.8 Å². The number of carbonyl (C=O) groups excluding carboxylic acids is 2. The Balaban J connectivity index is 2.23. The van der Waals surface area contributed by atoms with Crippen molar-refractivity contribution in [1.29, 1.82) is 0 Å². The van der Waals surface area contributed by atoms with Gasteiger partial charge in [-0.2, -0.15) is 4.31 Å². The Kier molecular flexibility index (Phi) is 11.0. The Labute approximate surface area is 206 Å². The number of ether oxygens (including phenoxy) is 1. The molecule has 0 aromatic heterocycles. The number of sulfonamides is 1. The standard InChI is InChI=1S/C24H32ClN3O5S/c1-19(24(30)26-14-7-15-33-2)28(17-21-10-12-22(25)13-11-21)23(29)18-27(34(3,31)32)16-20-8-5-4-6-9-20/h4-6,8-13,19H,7,14-18H2,1-3H3,(H,26,30). The van der Waals surface area contributed by atoms with Gasteiger partial charge in [-0.25, -0.2) is 8.42 Å². The number of nitrogens with one attached hydrogen (secondary N) is 1. The van der Waals surface area contributed by atoms with Gasteiger partial charge in [0.2, 0.25) is 21.8 Å². The summed E-state index contributed by atoms with van der Waals surface area (Å²) in [7, 11) is -2.10. The van der Waals surface area contributed by atoms with Crippen LogP contribution in [0.1, 0.15) is 24.5 Å². The van der Waals surface area contributed by atoms with Gasteiger partial charge in [-0.05, 0) is 36.6 Å². The van der Waals surface area contributed by atoms with Gasteiger partial charge in [0, 0.05) is 38.4 Å².